The summed E-state index contributed by atoms with van der Waals surface area (Å²) < 4.78 is 0. The first-order valence-electron chi connectivity index (χ1n) is 6.77. The third kappa shape index (κ3) is 6.25. The van der Waals surface area contributed by atoms with Gasteiger partial charge in [0.15, 0.2) is 0 Å². The van der Waals surface area contributed by atoms with Crippen LogP contribution in [0.5, 0.6) is 0 Å². The molecular formula is C15H23N3O3. The molecule has 0 atom stereocenters. The Morgan fingerprint density at radius 3 is 2.24 bits per heavy atom. The van der Waals surface area contributed by atoms with E-state index < -0.39 is 5.97 Å². The van der Waals surface area contributed by atoms with Crippen molar-refractivity contribution in [2.45, 2.75) is 46.6 Å². The number of nitrogens with zero attached hydrogens (tertiary/aromatic N) is 1. The van der Waals surface area contributed by atoms with Gasteiger partial charge in [-0.2, -0.15) is 0 Å². The molecule has 2 amide bonds. The van der Waals surface area contributed by atoms with E-state index >= 15 is 0 Å². The number of nitrogens with one attached hydrogen (secondary N) is 2. The number of carboxylic acid groups (broad SMARTS) is 1. The van der Waals surface area contributed by atoms with Gasteiger partial charge >= 0.3 is 12.0 Å². The monoisotopic (exact) mass is 293 g/mol. The Hall–Kier alpha value is -2.11. The Morgan fingerprint density at radius 1 is 1.19 bits per heavy atom. The fourth-order valence-corrected chi connectivity index (χ4v) is 2.43. The first-order chi connectivity index (χ1) is 9.48. The number of hydrogen-bond acceptors (Lipinski definition) is 3. The zero-order chi connectivity index (χ0) is 16.3. The van der Waals surface area contributed by atoms with Crippen molar-refractivity contribution in [3.05, 3.63) is 24.0 Å². The predicted octanol–water partition coefficient (Wildman–Crippen LogP) is 3.12. The smallest absolute Gasteiger partial charge is 0.354 e. The van der Waals surface area contributed by atoms with E-state index in [4.69, 9.17) is 5.11 Å². The molecule has 0 spiro atoms. The third-order valence-corrected chi connectivity index (χ3v) is 2.66. The molecule has 1 heterocycles. The molecule has 116 valence electrons. The second kappa shape index (κ2) is 6.11. The van der Waals surface area contributed by atoms with E-state index in [1.165, 1.54) is 18.3 Å². The lowest BCUT2D eigenvalue weighted by atomic mass is 9.82. The van der Waals surface area contributed by atoms with Gasteiger partial charge in [0.05, 0.1) is 11.9 Å². The van der Waals surface area contributed by atoms with Crippen LogP contribution in [0.4, 0.5) is 10.5 Å². The SMILES string of the molecule is CC(C)(C)CC(C)(C)NC(=O)Nc1ccc(C(=O)O)nc1. The van der Waals surface area contributed by atoms with E-state index in [1.807, 2.05) is 13.8 Å². The van der Waals surface area contributed by atoms with E-state index in [0.29, 0.717) is 5.69 Å². The van der Waals surface area contributed by atoms with Gasteiger partial charge in [-0.3, -0.25) is 0 Å². The van der Waals surface area contributed by atoms with Crippen molar-refractivity contribution in [1.82, 2.24) is 10.3 Å². The average Bonchev–Trinajstić information content (AvgIpc) is 2.24. The fourth-order valence-electron chi connectivity index (χ4n) is 2.43. The average molecular weight is 293 g/mol. The minimum atomic E-state index is -1.10. The Kier molecular flexibility index (Phi) is 4.93. The number of aromatic nitrogens is 1. The molecule has 1 aromatic heterocycles. The van der Waals surface area contributed by atoms with Crippen LogP contribution in [0.2, 0.25) is 0 Å². The van der Waals surface area contributed by atoms with Gasteiger partial charge in [0.1, 0.15) is 5.69 Å². The summed E-state index contributed by atoms with van der Waals surface area (Å²) in [6.45, 7) is 10.3. The van der Waals surface area contributed by atoms with Gasteiger partial charge in [-0.05, 0) is 37.8 Å². The maximum absolute atomic E-state index is 12.0. The van der Waals surface area contributed by atoms with E-state index in [9.17, 15) is 9.59 Å². The summed E-state index contributed by atoms with van der Waals surface area (Å²) in [6, 6.07) is 2.51. The molecular weight excluding hydrogens is 270 g/mol. The number of carbonyl (C=O) groups excluding carboxylic acids is 1. The van der Waals surface area contributed by atoms with Crippen LogP contribution >= 0.6 is 0 Å². The minimum Gasteiger partial charge on any atom is -0.477 e. The molecule has 0 aliphatic carbocycles. The molecule has 0 saturated carbocycles. The maximum Gasteiger partial charge on any atom is 0.354 e. The number of rotatable bonds is 4. The number of carbonyl (C=O) groups is 2. The molecule has 3 N–H and O–H groups in total. The highest BCUT2D eigenvalue weighted by Crippen LogP contribution is 2.26. The molecule has 0 unspecified atom stereocenters. The Labute approximate surface area is 125 Å². The first kappa shape index (κ1) is 16.9. The van der Waals surface area contributed by atoms with Crippen LogP contribution in [-0.4, -0.2) is 27.6 Å². The standard InChI is InChI=1S/C15H23N3O3/c1-14(2,3)9-15(4,5)18-13(21)17-10-6-7-11(12(19)20)16-8-10/h6-8H,9H2,1-5H3,(H,19,20)(H2,17,18,21). The van der Waals surface area contributed by atoms with Crippen LogP contribution in [-0.2, 0) is 0 Å². The molecule has 6 heteroatoms. The van der Waals surface area contributed by atoms with E-state index in [0.717, 1.165) is 6.42 Å². The van der Waals surface area contributed by atoms with E-state index in [1.54, 1.807) is 0 Å². The van der Waals surface area contributed by atoms with Crippen molar-refractivity contribution in [3.63, 3.8) is 0 Å². The third-order valence-electron chi connectivity index (χ3n) is 2.66. The van der Waals surface area contributed by atoms with Gasteiger partial charge < -0.3 is 15.7 Å². The highest BCUT2D eigenvalue weighted by Gasteiger charge is 2.27. The van der Waals surface area contributed by atoms with Crippen molar-refractivity contribution >= 4 is 17.7 Å². The molecule has 0 radical (unpaired) electrons. The van der Waals surface area contributed by atoms with Crippen molar-refractivity contribution in [1.29, 1.82) is 0 Å². The van der Waals surface area contributed by atoms with Crippen molar-refractivity contribution < 1.29 is 14.7 Å². The van der Waals surface area contributed by atoms with Gasteiger partial charge in [0.25, 0.3) is 0 Å². The van der Waals surface area contributed by atoms with E-state index in [2.05, 4.69) is 36.4 Å². The Morgan fingerprint density at radius 2 is 1.81 bits per heavy atom. The highest BCUT2D eigenvalue weighted by molar-refractivity contribution is 5.90. The van der Waals surface area contributed by atoms with Crippen LogP contribution in [0.15, 0.2) is 18.3 Å². The van der Waals surface area contributed by atoms with Gasteiger partial charge in [-0.25, -0.2) is 14.6 Å². The quantitative estimate of drug-likeness (QED) is 0.795. The number of anilines is 1. The van der Waals surface area contributed by atoms with Crippen LogP contribution in [0, 0.1) is 5.41 Å². The lowest BCUT2D eigenvalue weighted by Gasteiger charge is -2.33. The zero-order valence-corrected chi connectivity index (χ0v) is 13.2. The van der Waals surface area contributed by atoms with Crippen LogP contribution in [0.3, 0.4) is 0 Å². The molecule has 6 nitrogen and oxygen atoms in total. The van der Waals surface area contributed by atoms with Gasteiger partial charge in [0.2, 0.25) is 0 Å². The largest absolute Gasteiger partial charge is 0.477 e. The number of pyridine rings is 1. The van der Waals surface area contributed by atoms with Crippen LogP contribution < -0.4 is 10.6 Å². The van der Waals surface area contributed by atoms with Crippen molar-refractivity contribution in [2.75, 3.05) is 5.32 Å². The van der Waals surface area contributed by atoms with Gasteiger partial charge in [-0.15, -0.1) is 0 Å². The molecule has 0 bridgehead atoms. The van der Waals surface area contributed by atoms with Crippen LogP contribution in [0.25, 0.3) is 0 Å². The van der Waals surface area contributed by atoms with Gasteiger partial charge in [-0.1, -0.05) is 20.8 Å². The van der Waals surface area contributed by atoms with Crippen molar-refractivity contribution in [2.24, 2.45) is 5.41 Å². The summed E-state index contributed by atoms with van der Waals surface area (Å²) in [5.74, 6) is -1.10. The number of hydrogen-bond donors (Lipinski definition) is 3. The lowest BCUT2D eigenvalue weighted by Crippen LogP contribution is -2.47. The summed E-state index contributed by atoms with van der Waals surface area (Å²) in [6.07, 6.45) is 2.14. The highest BCUT2D eigenvalue weighted by atomic mass is 16.4. The minimum absolute atomic E-state index is 0.0611. The normalized spacial score (nSPS) is 11.9. The maximum atomic E-state index is 12.0. The summed E-state index contributed by atoms with van der Waals surface area (Å²) in [7, 11) is 0. The predicted molar refractivity (Wildman–Crippen MR) is 81.5 cm³/mol. The molecule has 21 heavy (non-hydrogen) atoms. The number of carboxylic acids is 1. The van der Waals surface area contributed by atoms with Gasteiger partial charge in [0, 0.05) is 5.54 Å². The Bertz CT molecular complexity index is 516. The molecule has 1 rings (SSSR count). The van der Waals surface area contributed by atoms with E-state index in [-0.39, 0.29) is 22.7 Å². The molecule has 0 saturated heterocycles. The zero-order valence-electron chi connectivity index (χ0n) is 13.2. The summed E-state index contributed by atoms with van der Waals surface area (Å²) in [4.78, 5) is 26.4. The summed E-state index contributed by atoms with van der Waals surface area (Å²) in [5, 5.41) is 14.3. The molecule has 1 aromatic rings. The molecule has 0 fully saturated rings. The summed E-state index contributed by atoms with van der Waals surface area (Å²) >= 11 is 0. The number of urea groups is 1. The number of amides is 2. The van der Waals surface area contributed by atoms with Crippen LogP contribution in [0.1, 0.15) is 51.5 Å². The Balaban J connectivity index is 2.63. The second-order valence-corrected chi connectivity index (χ2v) is 6.94. The van der Waals surface area contributed by atoms with Crippen molar-refractivity contribution in [3.8, 4) is 0 Å². The topological polar surface area (TPSA) is 91.3 Å². The number of aromatic carboxylic acids is 1. The fraction of sp³-hybridized carbons (Fsp3) is 0.533. The second-order valence-electron chi connectivity index (χ2n) is 6.94. The lowest BCUT2D eigenvalue weighted by molar-refractivity contribution is 0.0690. The first-order valence-corrected chi connectivity index (χ1v) is 6.77. The summed E-state index contributed by atoms with van der Waals surface area (Å²) in [5.41, 5.74) is 0.135. The molecule has 0 aromatic carbocycles. The molecule has 0 aliphatic heterocycles. The molecule has 0 aliphatic rings.